The quantitative estimate of drug-likeness (QED) is 0.581. The Balaban J connectivity index is 2.63. The average Bonchev–Trinajstić information content (AvgIpc) is 2.42. The van der Waals surface area contributed by atoms with Crippen molar-refractivity contribution in [1.82, 2.24) is 4.90 Å². The molecule has 2 rings (SSSR count). The normalized spacial score (nSPS) is 14.7. The molecule has 0 saturated heterocycles. The minimum Gasteiger partial charge on any atom is -0.398 e. The lowest BCUT2D eigenvalue weighted by Crippen LogP contribution is -2.29. The Kier molecular flexibility index (Phi) is 2.16. The maximum absolute atomic E-state index is 11.7. The van der Waals surface area contributed by atoms with Gasteiger partial charge in [-0.05, 0) is 19.1 Å². The molecule has 0 radical (unpaired) electrons. The highest BCUT2D eigenvalue weighted by atomic mass is 35.5. The average molecular weight is 225 g/mol. The number of nitrogen functional groups attached to an aromatic ring is 1. The molecule has 0 aliphatic carbocycles. The largest absolute Gasteiger partial charge is 0.398 e. The summed E-state index contributed by atoms with van der Waals surface area (Å²) in [5, 5.41) is 0.299. The second kappa shape index (κ2) is 3.24. The molecule has 0 saturated carbocycles. The third-order valence-corrected chi connectivity index (χ3v) is 2.73. The van der Waals surface area contributed by atoms with Crippen LogP contribution >= 0.6 is 11.6 Å². The van der Waals surface area contributed by atoms with E-state index in [1.165, 1.54) is 17.0 Å². The highest BCUT2D eigenvalue weighted by Gasteiger charge is 2.34. The van der Waals surface area contributed by atoms with E-state index in [1.54, 1.807) is 6.92 Å². The van der Waals surface area contributed by atoms with Gasteiger partial charge in [-0.1, -0.05) is 11.6 Å². The molecule has 1 aliphatic rings. The monoisotopic (exact) mass is 224 g/mol. The fraction of sp³-hybridized carbons (Fsp3) is 0.200. The van der Waals surface area contributed by atoms with Crippen molar-refractivity contribution in [3.63, 3.8) is 0 Å². The summed E-state index contributed by atoms with van der Waals surface area (Å²) in [6.45, 7) is 2.09. The van der Waals surface area contributed by atoms with E-state index < -0.39 is 0 Å². The van der Waals surface area contributed by atoms with Crippen LogP contribution in [-0.4, -0.2) is 23.3 Å². The maximum Gasteiger partial charge on any atom is 0.261 e. The van der Waals surface area contributed by atoms with E-state index in [1.807, 2.05) is 0 Å². The van der Waals surface area contributed by atoms with Gasteiger partial charge in [0.25, 0.3) is 11.8 Å². The number of nitrogens with two attached hydrogens (primary N) is 1. The van der Waals surface area contributed by atoms with Gasteiger partial charge in [-0.3, -0.25) is 14.5 Å². The van der Waals surface area contributed by atoms with Gasteiger partial charge >= 0.3 is 0 Å². The van der Waals surface area contributed by atoms with Crippen molar-refractivity contribution < 1.29 is 9.59 Å². The van der Waals surface area contributed by atoms with Crippen molar-refractivity contribution in [1.29, 1.82) is 0 Å². The summed E-state index contributed by atoms with van der Waals surface area (Å²) >= 11 is 5.79. The first-order valence-electron chi connectivity index (χ1n) is 4.51. The van der Waals surface area contributed by atoms with Gasteiger partial charge in [0.2, 0.25) is 0 Å². The Labute approximate surface area is 91.6 Å². The van der Waals surface area contributed by atoms with Crippen LogP contribution in [0.3, 0.4) is 0 Å². The fourth-order valence-electron chi connectivity index (χ4n) is 1.61. The first-order chi connectivity index (χ1) is 7.06. The molecule has 0 atom stereocenters. The van der Waals surface area contributed by atoms with Crippen LogP contribution in [0.25, 0.3) is 0 Å². The summed E-state index contributed by atoms with van der Waals surface area (Å²) in [7, 11) is 0. The topological polar surface area (TPSA) is 63.4 Å². The minimum atomic E-state index is -0.306. The molecular formula is C10H9ClN2O2. The number of halogens is 1. The van der Waals surface area contributed by atoms with Gasteiger partial charge in [0.05, 0.1) is 21.8 Å². The van der Waals surface area contributed by atoms with Crippen LogP contribution in [0.1, 0.15) is 27.6 Å². The second-order valence-corrected chi connectivity index (χ2v) is 3.68. The van der Waals surface area contributed by atoms with Crippen molar-refractivity contribution >= 4 is 29.1 Å². The summed E-state index contributed by atoms with van der Waals surface area (Å²) in [5.74, 6) is -0.611. The number of nitrogens with zero attached hydrogens (tertiary/aromatic N) is 1. The number of imide groups is 1. The number of amides is 2. The Morgan fingerprint density at radius 3 is 2.33 bits per heavy atom. The van der Waals surface area contributed by atoms with Crippen LogP contribution in [0.15, 0.2) is 12.1 Å². The Bertz CT molecular complexity index is 430. The summed E-state index contributed by atoms with van der Waals surface area (Å²) in [4.78, 5) is 24.6. The predicted molar refractivity (Wildman–Crippen MR) is 56.9 cm³/mol. The van der Waals surface area contributed by atoms with E-state index in [9.17, 15) is 9.59 Å². The smallest absolute Gasteiger partial charge is 0.261 e. The number of hydrogen-bond donors (Lipinski definition) is 1. The van der Waals surface area contributed by atoms with Gasteiger partial charge in [0.1, 0.15) is 0 Å². The molecular weight excluding hydrogens is 216 g/mol. The molecule has 1 aromatic carbocycles. The first-order valence-corrected chi connectivity index (χ1v) is 4.89. The Hall–Kier alpha value is -1.55. The maximum atomic E-state index is 11.7. The van der Waals surface area contributed by atoms with Crippen molar-refractivity contribution in [2.45, 2.75) is 6.92 Å². The van der Waals surface area contributed by atoms with Crippen LogP contribution in [-0.2, 0) is 0 Å². The zero-order valence-electron chi connectivity index (χ0n) is 8.08. The number of fused-ring (bicyclic) bond motifs is 1. The summed E-state index contributed by atoms with van der Waals surface area (Å²) in [5.41, 5.74) is 6.56. The molecule has 78 valence electrons. The number of carbonyl (C=O) groups excluding carboxylic acids is 2. The number of rotatable bonds is 1. The summed E-state index contributed by atoms with van der Waals surface area (Å²) in [6, 6.07) is 2.90. The molecule has 4 nitrogen and oxygen atoms in total. The fourth-order valence-corrected chi connectivity index (χ4v) is 1.78. The molecule has 2 amide bonds. The van der Waals surface area contributed by atoms with Crippen LogP contribution in [0.2, 0.25) is 5.02 Å². The lowest BCUT2D eigenvalue weighted by molar-refractivity contribution is 0.0663. The van der Waals surface area contributed by atoms with Gasteiger partial charge < -0.3 is 5.73 Å². The highest BCUT2D eigenvalue weighted by Crippen LogP contribution is 2.29. The van der Waals surface area contributed by atoms with E-state index in [2.05, 4.69) is 0 Å². The molecule has 1 aliphatic heterocycles. The molecule has 1 aromatic rings. The number of carbonyl (C=O) groups is 2. The van der Waals surface area contributed by atoms with Crippen LogP contribution in [0.4, 0.5) is 5.69 Å². The van der Waals surface area contributed by atoms with Gasteiger partial charge in [-0.15, -0.1) is 0 Å². The van der Waals surface area contributed by atoms with Crippen molar-refractivity contribution in [3.05, 3.63) is 28.3 Å². The van der Waals surface area contributed by atoms with E-state index in [-0.39, 0.29) is 11.8 Å². The lowest BCUT2D eigenvalue weighted by atomic mass is 10.1. The Morgan fingerprint density at radius 1 is 1.27 bits per heavy atom. The van der Waals surface area contributed by atoms with E-state index >= 15 is 0 Å². The first kappa shape index (κ1) is 9.98. The third-order valence-electron chi connectivity index (χ3n) is 2.40. The van der Waals surface area contributed by atoms with E-state index in [4.69, 9.17) is 17.3 Å². The third kappa shape index (κ3) is 1.29. The van der Waals surface area contributed by atoms with Crippen molar-refractivity contribution in [3.8, 4) is 0 Å². The van der Waals surface area contributed by atoms with Crippen molar-refractivity contribution in [2.75, 3.05) is 12.3 Å². The van der Waals surface area contributed by atoms with Crippen LogP contribution in [0, 0.1) is 0 Å². The van der Waals surface area contributed by atoms with Crippen LogP contribution < -0.4 is 5.73 Å². The lowest BCUT2D eigenvalue weighted by Gasteiger charge is -2.08. The van der Waals surface area contributed by atoms with Crippen LogP contribution in [0.5, 0.6) is 0 Å². The Morgan fingerprint density at radius 2 is 1.80 bits per heavy atom. The van der Waals surface area contributed by atoms with Gasteiger partial charge in [0.15, 0.2) is 0 Å². The molecule has 2 N–H and O–H groups in total. The highest BCUT2D eigenvalue weighted by molar-refractivity contribution is 6.34. The van der Waals surface area contributed by atoms with E-state index in [0.717, 1.165) is 0 Å². The van der Waals surface area contributed by atoms with E-state index in [0.29, 0.717) is 28.4 Å². The second-order valence-electron chi connectivity index (χ2n) is 3.27. The zero-order valence-corrected chi connectivity index (χ0v) is 8.84. The molecule has 0 bridgehead atoms. The minimum absolute atomic E-state index is 0.299. The molecule has 0 aromatic heterocycles. The van der Waals surface area contributed by atoms with Gasteiger partial charge in [0, 0.05) is 6.54 Å². The summed E-state index contributed by atoms with van der Waals surface area (Å²) in [6.07, 6.45) is 0. The van der Waals surface area contributed by atoms with Gasteiger partial charge in [-0.25, -0.2) is 0 Å². The van der Waals surface area contributed by atoms with Gasteiger partial charge in [-0.2, -0.15) is 0 Å². The predicted octanol–water partition coefficient (Wildman–Crippen LogP) is 1.54. The standard InChI is InChI=1S/C10H9ClN2O2/c1-2-13-9(14)5-3-7(11)8(12)4-6(5)10(13)15/h3-4H,2,12H2,1H3. The number of benzene rings is 1. The molecule has 0 spiro atoms. The molecule has 5 heteroatoms. The number of hydrogen-bond acceptors (Lipinski definition) is 3. The summed E-state index contributed by atoms with van der Waals surface area (Å²) < 4.78 is 0. The molecule has 0 fully saturated rings. The number of anilines is 1. The molecule has 1 heterocycles. The van der Waals surface area contributed by atoms with Crippen molar-refractivity contribution in [2.24, 2.45) is 0 Å². The molecule has 0 unspecified atom stereocenters. The molecule has 15 heavy (non-hydrogen) atoms. The zero-order chi connectivity index (χ0) is 11.2. The SMILES string of the molecule is CCN1C(=O)c2cc(N)c(Cl)cc2C1=O.